The number of halogens is 3. The first kappa shape index (κ1) is 7.41. The van der Waals surface area contributed by atoms with Crippen molar-refractivity contribution in [2.24, 2.45) is 0 Å². The summed E-state index contributed by atoms with van der Waals surface area (Å²) < 4.78 is 2.49. The van der Waals surface area contributed by atoms with Gasteiger partial charge in [-0.15, -0.1) is 0 Å². The Morgan fingerprint density at radius 1 is 1.44 bits per heavy atom. The third-order valence-corrected chi connectivity index (χ3v) is 2.26. The van der Waals surface area contributed by atoms with Crippen LogP contribution in [0.25, 0.3) is 0 Å². The summed E-state index contributed by atoms with van der Waals surface area (Å²) in [6.45, 7) is 0. The summed E-state index contributed by atoms with van der Waals surface area (Å²) in [6.07, 6.45) is 0. The molecule has 1 saturated heterocycles. The van der Waals surface area contributed by atoms with Crippen molar-refractivity contribution in [3.8, 4) is 0 Å². The second-order valence-electron chi connectivity index (χ2n) is 1.52. The van der Waals surface area contributed by atoms with Gasteiger partial charge >= 0.3 is 11.0 Å². The van der Waals surface area contributed by atoms with Gasteiger partial charge in [-0.3, -0.25) is 0 Å². The van der Waals surface area contributed by atoms with Crippen LogP contribution in [0.3, 0.4) is 0 Å². The predicted molar refractivity (Wildman–Crippen MR) is 31.7 cm³/mol. The molecular weight excluding hydrogens is 190 g/mol. The van der Waals surface area contributed by atoms with Crippen LogP contribution in [0.1, 0.15) is 0 Å². The van der Waals surface area contributed by atoms with E-state index in [4.69, 9.17) is 39.9 Å². The van der Waals surface area contributed by atoms with Gasteiger partial charge in [0.2, 0.25) is 0 Å². The SMILES string of the molecule is O=C(O)C1(Cl)OC1(Cl)Cl. The summed E-state index contributed by atoms with van der Waals surface area (Å²) in [5.74, 6) is -1.38. The zero-order valence-corrected chi connectivity index (χ0v) is 6.17. The van der Waals surface area contributed by atoms with Crippen LogP contribution < -0.4 is 0 Å². The van der Waals surface area contributed by atoms with Gasteiger partial charge in [-0.05, 0) is 0 Å². The number of alkyl halides is 3. The minimum absolute atomic E-state index is 1.38. The van der Waals surface area contributed by atoms with Crippen molar-refractivity contribution in [3.63, 3.8) is 0 Å². The van der Waals surface area contributed by atoms with E-state index in [2.05, 4.69) is 4.74 Å². The molecule has 0 aromatic heterocycles. The monoisotopic (exact) mass is 190 g/mol. The first-order chi connectivity index (χ1) is 3.90. The van der Waals surface area contributed by atoms with Crippen LogP contribution in [-0.4, -0.2) is 20.7 Å². The number of hydrogen-bond donors (Lipinski definition) is 1. The Labute approximate surface area is 65.4 Å². The van der Waals surface area contributed by atoms with Gasteiger partial charge in [-0.25, -0.2) is 4.79 Å². The van der Waals surface area contributed by atoms with Crippen LogP contribution in [0, 0.1) is 0 Å². The molecule has 3 nitrogen and oxygen atoms in total. The molecule has 1 aliphatic rings. The molecule has 0 saturated carbocycles. The molecule has 1 heterocycles. The van der Waals surface area contributed by atoms with Gasteiger partial charge in [0.25, 0.3) is 4.52 Å². The summed E-state index contributed by atoms with van der Waals surface area (Å²) in [4.78, 5) is 10.1. The lowest BCUT2D eigenvalue weighted by Crippen LogP contribution is -2.21. The molecule has 0 bridgehead atoms. The zero-order valence-electron chi connectivity index (χ0n) is 3.90. The standard InChI is InChI=1S/C3HCl3O3/c4-2(1(7)8)3(5,6)9-2/h(H,7,8). The molecule has 0 spiro atoms. The van der Waals surface area contributed by atoms with E-state index >= 15 is 0 Å². The van der Waals surface area contributed by atoms with E-state index in [0.717, 1.165) is 0 Å². The summed E-state index contributed by atoms with van der Waals surface area (Å²) in [6, 6.07) is 0. The number of rotatable bonds is 1. The minimum Gasteiger partial charge on any atom is -0.478 e. The van der Waals surface area contributed by atoms with Gasteiger partial charge < -0.3 is 9.84 Å². The topological polar surface area (TPSA) is 49.8 Å². The fourth-order valence-corrected chi connectivity index (χ4v) is 0.907. The predicted octanol–water partition coefficient (Wildman–Crippen LogP) is 1.17. The lowest BCUT2D eigenvalue weighted by atomic mass is 10.5. The Morgan fingerprint density at radius 3 is 1.78 bits per heavy atom. The molecule has 1 rings (SSSR count). The smallest absolute Gasteiger partial charge is 0.358 e. The summed E-state index contributed by atoms with van der Waals surface area (Å²) >= 11 is 15.5. The van der Waals surface area contributed by atoms with Gasteiger partial charge in [-0.2, -0.15) is 0 Å². The highest BCUT2D eigenvalue weighted by Gasteiger charge is 2.75. The number of epoxide rings is 1. The quantitative estimate of drug-likeness (QED) is 0.500. The first-order valence-electron chi connectivity index (χ1n) is 1.90. The third-order valence-electron chi connectivity index (χ3n) is 0.877. The lowest BCUT2D eigenvalue weighted by molar-refractivity contribution is -0.139. The number of carboxylic acids is 1. The average Bonchev–Trinajstić information content (AvgIpc) is 2.08. The van der Waals surface area contributed by atoms with Crippen LogP contribution >= 0.6 is 34.8 Å². The first-order valence-corrected chi connectivity index (χ1v) is 3.04. The van der Waals surface area contributed by atoms with E-state index in [9.17, 15) is 4.79 Å². The van der Waals surface area contributed by atoms with Crippen molar-refractivity contribution in [3.05, 3.63) is 0 Å². The molecule has 0 aromatic carbocycles. The third kappa shape index (κ3) is 0.884. The van der Waals surface area contributed by atoms with Crippen LogP contribution in [0.15, 0.2) is 0 Å². The second-order valence-corrected chi connectivity index (χ2v) is 3.31. The fourth-order valence-electron chi connectivity index (χ4n) is 0.319. The van der Waals surface area contributed by atoms with E-state index in [-0.39, 0.29) is 0 Å². The van der Waals surface area contributed by atoms with Crippen molar-refractivity contribution >= 4 is 40.8 Å². The Bertz CT molecular complexity index is 168. The van der Waals surface area contributed by atoms with Gasteiger partial charge in [0.15, 0.2) is 0 Å². The van der Waals surface area contributed by atoms with E-state index < -0.39 is 15.5 Å². The molecule has 9 heavy (non-hydrogen) atoms. The van der Waals surface area contributed by atoms with E-state index in [1.165, 1.54) is 0 Å². The van der Waals surface area contributed by atoms with Crippen molar-refractivity contribution in [1.82, 2.24) is 0 Å². The van der Waals surface area contributed by atoms with Gasteiger partial charge in [0.1, 0.15) is 0 Å². The van der Waals surface area contributed by atoms with Gasteiger partial charge in [0.05, 0.1) is 0 Å². The number of hydrogen-bond acceptors (Lipinski definition) is 2. The number of ether oxygens (including phenoxy) is 1. The molecule has 6 heteroatoms. The molecule has 1 unspecified atom stereocenters. The maximum absolute atomic E-state index is 10.1. The Morgan fingerprint density at radius 2 is 1.78 bits per heavy atom. The number of carbonyl (C=O) groups is 1. The van der Waals surface area contributed by atoms with Crippen LogP contribution in [-0.2, 0) is 9.53 Å². The van der Waals surface area contributed by atoms with Crippen molar-refractivity contribution < 1.29 is 14.6 Å². The Hall–Kier alpha value is 0.300. The normalized spacial score (nSPS) is 38.1. The molecule has 0 aliphatic carbocycles. The van der Waals surface area contributed by atoms with Gasteiger partial charge in [-0.1, -0.05) is 34.8 Å². The molecular formula is C3HCl3O3. The van der Waals surface area contributed by atoms with Crippen LogP contribution in [0.5, 0.6) is 0 Å². The largest absolute Gasteiger partial charge is 0.478 e. The highest BCUT2D eigenvalue weighted by Crippen LogP contribution is 2.57. The highest BCUT2D eigenvalue weighted by molar-refractivity contribution is 6.58. The van der Waals surface area contributed by atoms with Gasteiger partial charge in [0, 0.05) is 0 Å². The Balaban J connectivity index is 2.74. The molecule has 1 aliphatic heterocycles. The van der Waals surface area contributed by atoms with E-state index in [1.54, 1.807) is 0 Å². The summed E-state index contributed by atoms with van der Waals surface area (Å²) in [5, 5.41) is 6.29. The minimum atomic E-state index is -1.93. The van der Waals surface area contributed by atoms with E-state index in [0.29, 0.717) is 0 Å². The zero-order chi connectivity index (χ0) is 7.28. The van der Waals surface area contributed by atoms with Crippen molar-refractivity contribution in [2.75, 3.05) is 0 Å². The maximum Gasteiger partial charge on any atom is 0.358 e. The van der Waals surface area contributed by atoms with Crippen molar-refractivity contribution in [2.45, 2.75) is 9.58 Å². The molecule has 52 valence electrons. The second kappa shape index (κ2) is 1.66. The number of aliphatic carboxylic acids is 1. The summed E-state index contributed by atoms with van der Waals surface area (Å²) in [7, 11) is 0. The maximum atomic E-state index is 10.1. The fraction of sp³-hybridized carbons (Fsp3) is 0.667. The lowest BCUT2D eigenvalue weighted by Gasteiger charge is -1.92. The number of carboxylic acid groups (broad SMARTS) is 1. The van der Waals surface area contributed by atoms with Crippen LogP contribution in [0.4, 0.5) is 0 Å². The molecule has 0 amide bonds. The molecule has 0 radical (unpaired) electrons. The average molecular weight is 191 g/mol. The van der Waals surface area contributed by atoms with E-state index in [1.807, 2.05) is 0 Å². The Kier molecular flexibility index (Phi) is 1.37. The highest BCUT2D eigenvalue weighted by atomic mass is 35.5. The van der Waals surface area contributed by atoms with Crippen molar-refractivity contribution in [1.29, 1.82) is 0 Å². The summed E-state index contributed by atoms with van der Waals surface area (Å²) in [5.41, 5.74) is 0. The molecule has 1 N–H and O–H groups in total. The molecule has 0 aromatic rings. The molecule has 1 atom stereocenters. The molecule has 1 fully saturated rings. The van der Waals surface area contributed by atoms with Crippen LogP contribution in [0.2, 0.25) is 0 Å².